The number of hydrogen-bond donors (Lipinski definition) is 1. The lowest BCUT2D eigenvalue weighted by Gasteiger charge is -2.36. The van der Waals surface area contributed by atoms with Gasteiger partial charge in [0.2, 0.25) is 5.91 Å². The van der Waals surface area contributed by atoms with Crippen molar-refractivity contribution in [3.8, 4) is 0 Å². The van der Waals surface area contributed by atoms with Crippen molar-refractivity contribution in [1.29, 1.82) is 0 Å². The molecule has 0 atom stereocenters. The lowest BCUT2D eigenvalue weighted by Crippen LogP contribution is -2.40. The summed E-state index contributed by atoms with van der Waals surface area (Å²) >= 11 is 0. The first-order chi connectivity index (χ1) is 17.2. The number of carbonyl (C=O) groups excluding carboxylic acids is 1. The van der Waals surface area contributed by atoms with Gasteiger partial charge in [-0.15, -0.1) is 0 Å². The third-order valence-electron chi connectivity index (χ3n) is 7.37. The van der Waals surface area contributed by atoms with Crippen LogP contribution >= 0.6 is 0 Å². The summed E-state index contributed by atoms with van der Waals surface area (Å²) in [4.78, 5) is 19.2. The van der Waals surface area contributed by atoms with Gasteiger partial charge in [0.1, 0.15) is 0 Å². The van der Waals surface area contributed by atoms with Crippen molar-refractivity contribution >= 4 is 11.6 Å². The number of amides is 1. The predicted octanol–water partition coefficient (Wildman–Crippen LogP) is 4.87. The summed E-state index contributed by atoms with van der Waals surface area (Å²) in [6.07, 6.45) is 0.504. The molecule has 1 fully saturated rings. The summed E-state index contributed by atoms with van der Waals surface area (Å²) in [6.45, 7) is 3.99. The van der Waals surface area contributed by atoms with Crippen molar-refractivity contribution in [2.24, 2.45) is 5.92 Å². The topological polar surface area (TPSA) is 38.8 Å². The Morgan fingerprint density at radius 1 is 1.08 bits per heavy atom. The highest BCUT2D eigenvalue weighted by molar-refractivity contribution is 5.81. The summed E-state index contributed by atoms with van der Waals surface area (Å²) in [5, 5.41) is 3.30. The minimum Gasteiger partial charge on any atom is -0.376 e. The predicted molar refractivity (Wildman–Crippen MR) is 137 cm³/mol. The molecular weight excluding hydrogens is 465 g/mol. The monoisotopic (exact) mass is 502 g/mol. The van der Waals surface area contributed by atoms with Crippen molar-refractivity contribution in [3.05, 3.63) is 64.7 Å². The van der Waals surface area contributed by atoms with Crippen LogP contribution in [0.15, 0.2) is 42.5 Å². The molecule has 0 bridgehead atoms. The van der Waals surface area contributed by atoms with E-state index in [9.17, 15) is 18.0 Å². The molecule has 1 aliphatic carbocycles. The summed E-state index contributed by atoms with van der Waals surface area (Å²) < 4.78 is 40.6. The van der Waals surface area contributed by atoms with E-state index in [0.717, 1.165) is 43.7 Å². The van der Waals surface area contributed by atoms with Crippen LogP contribution in [0.2, 0.25) is 0 Å². The van der Waals surface area contributed by atoms with Gasteiger partial charge in [-0.1, -0.05) is 36.8 Å². The van der Waals surface area contributed by atoms with E-state index in [2.05, 4.69) is 16.3 Å². The molecule has 36 heavy (non-hydrogen) atoms. The van der Waals surface area contributed by atoms with Crippen LogP contribution in [0.5, 0.6) is 0 Å². The van der Waals surface area contributed by atoms with Crippen molar-refractivity contribution in [2.75, 3.05) is 52.1 Å². The molecule has 0 saturated heterocycles. The van der Waals surface area contributed by atoms with Gasteiger partial charge in [0.15, 0.2) is 0 Å². The van der Waals surface area contributed by atoms with Gasteiger partial charge in [0.05, 0.1) is 12.1 Å². The number of anilines is 1. The van der Waals surface area contributed by atoms with Crippen LogP contribution in [0.1, 0.15) is 41.5 Å². The van der Waals surface area contributed by atoms with Crippen LogP contribution in [0.3, 0.4) is 0 Å². The minimum atomic E-state index is -4.46. The van der Waals surface area contributed by atoms with Crippen molar-refractivity contribution < 1.29 is 18.0 Å². The van der Waals surface area contributed by atoms with Crippen LogP contribution in [0, 0.1) is 5.92 Å². The fraction of sp³-hybridized carbons (Fsp3) is 0.536. The third kappa shape index (κ3) is 6.79. The largest absolute Gasteiger partial charge is 0.416 e. The second-order valence-corrected chi connectivity index (χ2v) is 10.4. The summed E-state index contributed by atoms with van der Waals surface area (Å²) in [6, 6.07) is 11.7. The number of rotatable bonds is 10. The first kappa shape index (κ1) is 26.5. The molecule has 2 aliphatic rings. The average Bonchev–Trinajstić information content (AvgIpc) is 2.81. The Morgan fingerprint density at radius 3 is 2.56 bits per heavy atom. The molecule has 1 amide bonds. The smallest absolute Gasteiger partial charge is 0.376 e. The summed E-state index contributed by atoms with van der Waals surface area (Å²) in [5.74, 6) is 0.620. The normalized spacial score (nSPS) is 16.5. The Morgan fingerprint density at radius 2 is 1.86 bits per heavy atom. The van der Waals surface area contributed by atoms with Crippen LogP contribution in [-0.2, 0) is 30.5 Å². The highest BCUT2D eigenvalue weighted by Crippen LogP contribution is 2.33. The molecule has 1 aliphatic heterocycles. The molecule has 0 spiro atoms. The van der Waals surface area contributed by atoms with Crippen LogP contribution in [0.4, 0.5) is 18.9 Å². The number of alkyl halides is 3. The van der Waals surface area contributed by atoms with Gasteiger partial charge in [-0.3, -0.25) is 9.69 Å². The van der Waals surface area contributed by atoms with Gasteiger partial charge < -0.3 is 15.1 Å². The van der Waals surface area contributed by atoms with Crippen LogP contribution in [-0.4, -0.2) is 67.4 Å². The van der Waals surface area contributed by atoms with Gasteiger partial charge in [0, 0.05) is 45.0 Å². The van der Waals surface area contributed by atoms with Gasteiger partial charge in [-0.05, 0) is 68.1 Å². The standard InChI is InChI=1S/C28H37F3N4O/c1-33(2)15-16-35(20-23-9-3-4-11-25(23)28(29,30)31)27(36)17-32-26-12-6-10-22-19-34(14-13-24(22)26)18-21-7-5-8-21/h3-4,6,9-12,21,32H,5,7-8,13-20H2,1-2H3. The second kappa shape index (κ2) is 11.6. The molecule has 8 heteroatoms. The summed E-state index contributed by atoms with van der Waals surface area (Å²) in [7, 11) is 3.77. The molecule has 1 heterocycles. The molecule has 196 valence electrons. The molecular formula is C28H37F3N4O. The molecule has 1 N–H and O–H groups in total. The maximum atomic E-state index is 13.5. The van der Waals surface area contributed by atoms with E-state index in [1.54, 1.807) is 6.07 Å². The molecule has 4 rings (SSSR count). The number of likely N-dealkylation sites (N-methyl/N-ethyl adjacent to an activating group) is 1. The van der Waals surface area contributed by atoms with Crippen LogP contribution < -0.4 is 5.32 Å². The zero-order valence-electron chi connectivity index (χ0n) is 21.3. The number of carbonyl (C=O) groups is 1. The van der Waals surface area contributed by atoms with Gasteiger partial charge in [0.25, 0.3) is 0 Å². The number of nitrogens with one attached hydrogen (secondary N) is 1. The maximum absolute atomic E-state index is 13.5. The van der Waals surface area contributed by atoms with E-state index < -0.39 is 11.7 Å². The molecule has 0 aromatic heterocycles. The maximum Gasteiger partial charge on any atom is 0.416 e. The Kier molecular flexibility index (Phi) is 8.57. The highest BCUT2D eigenvalue weighted by Gasteiger charge is 2.33. The Balaban J connectivity index is 1.42. The first-order valence-electron chi connectivity index (χ1n) is 12.9. The van der Waals surface area contributed by atoms with E-state index in [0.29, 0.717) is 13.1 Å². The number of hydrogen-bond acceptors (Lipinski definition) is 4. The quantitative estimate of drug-likeness (QED) is 0.504. The fourth-order valence-corrected chi connectivity index (χ4v) is 5.07. The van der Waals surface area contributed by atoms with Gasteiger partial charge in [-0.2, -0.15) is 13.2 Å². The van der Waals surface area contributed by atoms with E-state index in [-0.39, 0.29) is 24.6 Å². The summed E-state index contributed by atoms with van der Waals surface area (Å²) in [5.41, 5.74) is 2.91. The molecule has 0 radical (unpaired) electrons. The van der Waals surface area contributed by atoms with E-state index in [1.165, 1.54) is 47.4 Å². The number of fused-ring (bicyclic) bond motifs is 1. The molecule has 1 saturated carbocycles. The SMILES string of the molecule is CN(C)CCN(Cc1ccccc1C(F)(F)F)C(=O)CNc1cccc2c1CCN(CC1CCC1)C2. The van der Waals surface area contributed by atoms with E-state index >= 15 is 0 Å². The third-order valence-corrected chi connectivity index (χ3v) is 7.37. The minimum absolute atomic E-state index is 0.0455. The van der Waals surface area contributed by atoms with Crippen molar-refractivity contribution in [2.45, 2.75) is 44.9 Å². The number of halogens is 3. The molecule has 2 aromatic carbocycles. The lowest BCUT2D eigenvalue weighted by atomic mass is 9.84. The van der Waals surface area contributed by atoms with Crippen molar-refractivity contribution in [1.82, 2.24) is 14.7 Å². The molecule has 0 unspecified atom stereocenters. The lowest BCUT2D eigenvalue weighted by molar-refractivity contribution is -0.139. The van der Waals surface area contributed by atoms with E-state index in [4.69, 9.17) is 0 Å². The van der Waals surface area contributed by atoms with Crippen LogP contribution in [0.25, 0.3) is 0 Å². The Hall–Kier alpha value is -2.58. The molecule has 5 nitrogen and oxygen atoms in total. The average molecular weight is 503 g/mol. The molecule has 2 aromatic rings. The Labute approximate surface area is 212 Å². The first-order valence-corrected chi connectivity index (χ1v) is 12.9. The zero-order chi connectivity index (χ0) is 25.7. The second-order valence-electron chi connectivity index (χ2n) is 10.4. The van der Waals surface area contributed by atoms with Gasteiger partial charge in [-0.25, -0.2) is 0 Å². The number of benzene rings is 2. The number of nitrogens with zero attached hydrogens (tertiary/aromatic N) is 3. The fourth-order valence-electron chi connectivity index (χ4n) is 5.07. The Bertz CT molecular complexity index is 1040. The van der Waals surface area contributed by atoms with E-state index in [1.807, 2.05) is 31.1 Å². The highest BCUT2D eigenvalue weighted by atomic mass is 19.4. The van der Waals surface area contributed by atoms with Crippen molar-refractivity contribution in [3.63, 3.8) is 0 Å². The zero-order valence-corrected chi connectivity index (χ0v) is 21.3. The van der Waals surface area contributed by atoms with Gasteiger partial charge >= 0.3 is 6.18 Å².